The number of halogens is 1. The van der Waals surface area contributed by atoms with Gasteiger partial charge in [0.2, 0.25) is 12.4 Å². The molecule has 5 nitrogen and oxygen atoms in total. The van der Waals surface area contributed by atoms with Crippen molar-refractivity contribution >= 4 is 17.4 Å². The van der Waals surface area contributed by atoms with Crippen LogP contribution in [0.4, 0.5) is 4.39 Å². The van der Waals surface area contributed by atoms with Crippen molar-refractivity contribution in [1.82, 2.24) is 19.9 Å². The molecule has 27 heavy (non-hydrogen) atoms. The Morgan fingerprint density at radius 2 is 2.00 bits per heavy atom. The topological polar surface area (TPSA) is 59.8 Å². The molecule has 134 valence electrons. The number of fused-ring (bicyclic) bond motifs is 1. The molecule has 2 heterocycles. The summed E-state index contributed by atoms with van der Waals surface area (Å²) in [4.78, 5) is 18.9. The van der Waals surface area contributed by atoms with E-state index < -0.39 is 5.95 Å². The van der Waals surface area contributed by atoms with Gasteiger partial charge >= 0.3 is 0 Å². The SMILES string of the molecule is C[C@H](NC=O)c1ccc2c(c1)ncn2-c1cccc(-c2cccnc2F)c1. The van der Waals surface area contributed by atoms with Crippen molar-refractivity contribution < 1.29 is 9.18 Å². The Morgan fingerprint density at radius 3 is 2.81 bits per heavy atom. The third kappa shape index (κ3) is 3.17. The minimum Gasteiger partial charge on any atom is -0.352 e. The van der Waals surface area contributed by atoms with E-state index in [0.29, 0.717) is 12.0 Å². The largest absolute Gasteiger partial charge is 0.352 e. The first-order valence-electron chi connectivity index (χ1n) is 8.55. The highest BCUT2D eigenvalue weighted by atomic mass is 19.1. The number of carbonyl (C=O) groups excluding carboxylic acids is 1. The summed E-state index contributed by atoms with van der Waals surface area (Å²) in [6.45, 7) is 1.92. The molecule has 0 unspecified atom stereocenters. The van der Waals surface area contributed by atoms with Crippen LogP contribution in [0.25, 0.3) is 27.8 Å². The summed E-state index contributed by atoms with van der Waals surface area (Å²) in [7, 11) is 0. The van der Waals surface area contributed by atoms with Crippen LogP contribution in [0.1, 0.15) is 18.5 Å². The zero-order valence-electron chi connectivity index (χ0n) is 14.6. The van der Waals surface area contributed by atoms with Gasteiger partial charge in [-0.05, 0) is 54.4 Å². The van der Waals surface area contributed by atoms with Crippen molar-refractivity contribution in [2.45, 2.75) is 13.0 Å². The summed E-state index contributed by atoms with van der Waals surface area (Å²) in [5.41, 5.74) is 4.82. The predicted molar refractivity (Wildman–Crippen MR) is 102 cm³/mol. The maximum absolute atomic E-state index is 14.0. The molecule has 0 saturated heterocycles. The number of amides is 1. The second-order valence-electron chi connectivity index (χ2n) is 6.26. The van der Waals surface area contributed by atoms with Gasteiger partial charge in [0.25, 0.3) is 0 Å². The molecule has 0 fully saturated rings. The normalized spacial score (nSPS) is 12.1. The lowest BCUT2D eigenvalue weighted by Gasteiger charge is -2.11. The van der Waals surface area contributed by atoms with Gasteiger partial charge in [0.15, 0.2) is 0 Å². The third-order valence-corrected chi connectivity index (χ3v) is 4.58. The Kier molecular flexibility index (Phi) is 4.38. The minimum atomic E-state index is -0.494. The van der Waals surface area contributed by atoms with E-state index in [0.717, 1.165) is 27.8 Å². The van der Waals surface area contributed by atoms with E-state index in [1.807, 2.05) is 54.0 Å². The van der Waals surface area contributed by atoms with E-state index in [-0.39, 0.29) is 6.04 Å². The van der Waals surface area contributed by atoms with E-state index in [1.54, 1.807) is 18.5 Å². The molecule has 2 aromatic heterocycles. The van der Waals surface area contributed by atoms with E-state index >= 15 is 0 Å². The highest BCUT2D eigenvalue weighted by Crippen LogP contribution is 2.26. The maximum Gasteiger partial charge on any atom is 0.220 e. The molecule has 0 radical (unpaired) electrons. The molecule has 1 amide bonds. The second kappa shape index (κ2) is 6.99. The zero-order valence-corrected chi connectivity index (χ0v) is 14.6. The van der Waals surface area contributed by atoms with Crippen molar-refractivity contribution in [1.29, 1.82) is 0 Å². The zero-order chi connectivity index (χ0) is 18.8. The van der Waals surface area contributed by atoms with Gasteiger partial charge in [0.05, 0.1) is 17.1 Å². The van der Waals surface area contributed by atoms with Crippen molar-refractivity contribution in [3.63, 3.8) is 0 Å². The van der Waals surface area contributed by atoms with E-state index in [1.165, 1.54) is 6.20 Å². The predicted octanol–water partition coefficient (Wildman–Crippen LogP) is 4.03. The van der Waals surface area contributed by atoms with Crippen molar-refractivity contribution in [2.75, 3.05) is 0 Å². The summed E-state index contributed by atoms with van der Waals surface area (Å²) < 4.78 is 16.0. The molecule has 0 saturated carbocycles. The van der Waals surface area contributed by atoms with Gasteiger partial charge < -0.3 is 5.32 Å². The first kappa shape index (κ1) is 16.9. The number of aromatic nitrogens is 3. The number of nitrogens with zero attached hydrogens (tertiary/aromatic N) is 3. The smallest absolute Gasteiger partial charge is 0.220 e. The minimum absolute atomic E-state index is 0.0890. The van der Waals surface area contributed by atoms with Gasteiger partial charge in [0, 0.05) is 17.4 Å². The Morgan fingerprint density at radius 1 is 1.11 bits per heavy atom. The molecule has 1 N–H and O–H groups in total. The van der Waals surface area contributed by atoms with Crippen LogP contribution in [0.3, 0.4) is 0 Å². The lowest BCUT2D eigenvalue weighted by molar-refractivity contribution is -0.110. The Labute approximate surface area is 155 Å². The van der Waals surface area contributed by atoms with Crippen LogP contribution in [-0.4, -0.2) is 20.9 Å². The lowest BCUT2D eigenvalue weighted by Crippen LogP contribution is -2.15. The van der Waals surface area contributed by atoms with E-state index in [4.69, 9.17) is 0 Å². The highest BCUT2D eigenvalue weighted by Gasteiger charge is 2.11. The molecule has 1 atom stereocenters. The lowest BCUT2D eigenvalue weighted by atomic mass is 10.1. The van der Waals surface area contributed by atoms with Crippen LogP contribution < -0.4 is 5.32 Å². The summed E-state index contributed by atoms with van der Waals surface area (Å²) >= 11 is 0. The molecule has 0 aliphatic rings. The number of imidazole rings is 1. The van der Waals surface area contributed by atoms with Crippen LogP contribution in [0.5, 0.6) is 0 Å². The summed E-state index contributed by atoms with van der Waals surface area (Å²) in [5.74, 6) is -0.494. The molecule has 4 rings (SSSR count). The van der Waals surface area contributed by atoms with Gasteiger partial charge in [0.1, 0.15) is 6.33 Å². The van der Waals surface area contributed by atoms with Crippen LogP contribution in [-0.2, 0) is 4.79 Å². The second-order valence-corrected chi connectivity index (χ2v) is 6.26. The Bertz CT molecular complexity index is 1120. The fraction of sp³-hybridized carbons (Fsp3) is 0.0952. The van der Waals surface area contributed by atoms with Gasteiger partial charge in [-0.2, -0.15) is 4.39 Å². The number of rotatable bonds is 5. The number of pyridine rings is 1. The standard InChI is InChI=1S/C21H17FN4O/c1-14(25-13-27)15-7-8-20-19(11-15)24-12-26(20)17-5-2-4-16(10-17)18-6-3-9-23-21(18)22/h2-14H,1H3,(H,25,27)/t14-/m0/s1. The van der Waals surface area contributed by atoms with Crippen molar-refractivity contribution in [3.05, 3.63) is 78.6 Å². The highest BCUT2D eigenvalue weighted by molar-refractivity contribution is 5.79. The average Bonchev–Trinajstić information content (AvgIpc) is 3.12. The third-order valence-electron chi connectivity index (χ3n) is 4.58. The number of hydrogen-bond acceptors (Lipinski definition) is 3. The first-order valence-corrected chi connectivity index (χ1v) is 8.55. The summed E-state index contributed by atoms with van der Waals surface area (Å²) in [6.07, 6.45) is 3.87. The Balaban J connectivity index is 1.76. The van der Waals surface area contributed by atoms with Gasteiger partial charge in [-0.1, -0.05) is 18.2 Å². The van der Waals surface area contributed by atoms with Crippen molar-refractivity contribution in [2.24, 2.45) is 0 Å². The maximum atomic E-state index is 14.0. The molecule has 0 aliphatic heterocycles. The van der Waals surface area contributed by atoms with Crippen LogP contribution >= 0.6 is 0 Å². The Hall–Kier alpha value is -3.54. The monoisotopic (exact) mass is 360 g/mol. The first-order chi connectivity index (χ1) is 13.2. The van der Waals surface area contributed by atoms with E-state index in [2.05, 4.69) is 15.3 Å². The molecular weight excluding hydrogens is 343 g/mol. The van der Waals surface area contributed by atoms with Crippen LogP contribution in [0, 0.1) is 5.95 Å². The van der Waals surface area contributed by atoms with Crippen LogP contribution in [0.15, 0.2) is 67.1 Å². The number of benzene rings is 2. The average molecular weight is 360 g/mol. The molecule has 0 spiro atoms. The molecular formula is C21H17FN4O. The molecule has 0 aliphatic carbocycles. The van der Waals surface area contributed by atoms with Crippen LogP contribution in [0.2, 0.25) is 0 Å². The molecule has 0 bridgehead atoms. The van der Waals surface area contributed by atoms with Gasteiger partial charge in [-0.3, -0.25) is 9.36 Å². The summed E-state index contributed by atoms with van der Waals surface area (Å²) in [5, 5.41) is 2.74. The number of nitrogens with one attached hydrogen (secondary N) is 1. The molecule has 2 aromatic carbocycles. The summed E-state index contributed by atoms with van der Waals surface area (Å²) in [6, 6.07) is 16.8. The number of carbonyl (C=O) groups is 1. The molecule has 6 heteroatoms. The fourth-order valence-electron chi connectivity index (χ4n) is 3.13. The quantitative estimate of drug-likeness (QED) is 0.432. The van der Waals surface area contributed by atoms with E-state index in [9.17, 15) is 9.18 Å². The van der Waals surface area contributed by atoms with Gasteiger partial charge in [-0.25, -0.2) is 9.97 Å². The number of hydrogen-bond donors (Lipinski definition) is 1. The van der Waals surface area contributed by atoms with Crippen molar-refractivity contribution in [3.8, 4) is 16.8 Å². The molecule has 4 aromatic rings. The van der Waals surface area contributed by atoms with Gasteiger partial charge in [-0.15, -0.1) is 0 Å². The fourth-order valence-corrected chi connectivity index (χ4v) is 3.13.